The smallest absolute Gasteiger partial charge is 0.251 e. The molecule has 1 aromatic heterocycles. The summed E-state index contributed by atoms with van der Waals surface area (Å²) in [4.78, 5) is 25.9. The number of pyridine rings is 1. The van der Waals surface area contributed by atoms with E-state index >= 15 is 0 Å². The molecule has 6 heteroatoms. The monoisotopic (exact) mass is 391 g/mol. The number of anilines is 1. The molecule has 1 N–H and O–H groups in total. The fourth-order valence-corrected chi connectivity index (χ4v) is 2.84. The molecule has 0 radical (unpaired) electrons. The van der Waals surface area contributed by atoms with E-state index in [4.69, 9.17) is 0 Å². The third-order valence-corrected chi connectivity index (χ3v) is 4.18. The first kappa shape index (κ1) is 18.3. The molecule has 0 saturated carbocycles. The number of hydrogen-bond acceptors (Lipinski definition) is 3. The Kier molecular flexibility index (Phi) is 6.61. The van der Waals surface area contributed by atoms with Gasteiger partial charge in [0, 0.05) is 42.1 Å². The standard InChI is InChI=1S/C18H22BrN3O2/c1-3-21(16-6-4-5-14(2)11-16)10-9-20-17(23)13-22-12-15(19)7-8-18(22)24/h4-8,11-12H,3,9-10,13H2,1-2H3,(H,20,23). The molecule has 1 heterocycles. The average Bonchev–Trinajstić information content (AvgIpc) is 2.55. The summed E-state index contributed by atoms with van der Waals surface area (Å²) in [7, 11) is 0. The minimum Gasteiger partial charge on any atom is -0.370 e. The van der Waals surface area contributed by atoms with Crippen LogP contribution in [0, 0.1) is 6.92 Å². The molecule has 2 aromatic rings. The number of nitrogens with one attached hydrogen (secondary N) is 1. The summed E-state index contributed by atoms with van der Waals surface area (Å²) in [5, 5.41) is 2.87. The Bertz CT molecular complexity index is 758. The zero-order valence-electron chi connectivity index (χ0n) is 14.0. The van der Waals surface area contributed by atoms with Gasteiger partial charge in [-0.25, -0.2) is 0 Å². The molecule has 0 unspecified atom stereocenters. The number of rotatable bonds is 7. The first-order valence-corrected chi connectivity index (χ1v) is 8.73. The van der Waals surface area contributed by atoms with Crippen molar-refractivity contribution in [3.8, 4) is 0 Å². The Morgan fingerprint density at radius 3 is 2.79 bits per heavy atom. The summed E-state index contributed by atoms with van der Waals surface area (Å²) >= 11 is 3.30. The van der Waals surface area contributed by atoms with Gasteiger partial charge in [-0.2, -0.15) is 0 Å². The van der Waals surface area contributed by atoms with Gasteiger partial charge in [-0.05, 0) is 53.5 Å². The molecule has 1 aromatic carbocycles. The van der Waals surface area contributed by atoms with E-state index in [1.165, 1.54) is 16.2 Å². The van der Waals surface area contributed by atoms with Gasteiger partial charge >= 0.3 is 0 Å². The molecule has 0 saturated heterocycles. The van der Waals surface area contributed by atoms with Gasteiger partial charge < -0.3 is 14.8 Å². The van der Waals surface area contributed by atoms with Crippen molar-refractivity contribution in [2.45, 2.75) is 20.4 Å². The van der Waals surface area contributed by atoms with Crippen molar-refractivity contribution in [2.24, 2.45) is 0 Å². The zero-order chi connectivity index (χ0) is 17.5. The van der Waals surface area contributed by atoms with Gasteiger partial charge in [0.2, 0.25) is 5.91 Å². The molecular formula is C18H22BrN3O2. The van der Waals surface area contributed by atoms with Crippen LogP contribution >= 0.6 is 15.9 Å². The maximum atomic E-state index is 12.0. The van der Waals surface area contributed by atoms with E-state index < -0.39 is 0 Å². The Morgan fingerprint density at radius 2 is 2.08 bits per heavy atom. The van der Waals surface area contributed by atoms with E-state index in [9.17, 15) is 9.59 Å². The molecule has 5 nitrogen and oxygen atoms in total. The van der Waals surface area contributed by atoms with E-state index in [0.29, 0.717) is 6.54 Å². The average molecular weight is 392 g/mol. The normalized spacial score (nSPS) is 10.5. The van der Waals surface area contributed by atoms with Crippen LogP contribution in [0.5, 0.6) is 0 Å². The second-order valence-corrected chi connectivity index (χ2v) is 6.50. The van der Waals surface area contributed by atoms with Crippen LogP contribution in [0.2, 0.25) is 0 Å². The SMILES string of the molecule is CCN(CCNC(=O)Cn1cc(Br)ccc1=O)c1cccc(C)c1. The number of hydrogen-bond donors (Lipinski definition) is 1. The highest BCUT2D eigenvalue weighted by Gasteiger charge is 2.07. The predicted molar refractivity (Wildman–Crippen MR) is 100 cm³/mol. The van der Waals surface area contributed by atoms with Gasteiger partial charge in [-0.3, -0.25) is 9.59 Å². The van der Waals surface area contributed by atoms with E-state index in [-0.39, 0.29) is 18.0 Å². The van der Waals surface area contributed by atoms with Crippen LogP contribution in [0.15, 0.2) is 51.9 Å². The third kappa shape index (κ3) is 5.23. The first-order valence-electron chi connectivity index (χ1n) is 7.94. The van der Waals surface area contributed by atoms with Crippen molar-refractivity contribution in [1.29, 1.82) is 0 Å². The van der Waals surface area contributed by atoms with Crippen LogP contribution in [0.3, 0.4) is 0 Å². The van der Waals surface area contributed by atoms with Gasteiger partial charge in [0.1, 0.15) is 6.54 Å². The summed E-state index contributed by atoms with van der Waals surface area (Å²) in [6.45, 7) is 6.29. The Hall–Kier alpha value is -2.08. The molecule has 24 heavy (non-hydrogen) atoms. The van der Waals surface area contributed by atoms with Crippen LogP contribution in [0.4, 0.5) is 5.69 Å². The van der Waals surface area contributed by atoms with Crippen LogP contribution in [0.25, 0.3) is 0 Å². The number of likely N-dealkylation sites (N-methyl/N-ethyl adjacent to an activating group) is 1. The van der Waals surface area contributed by atoms with Gasteiger partial charge in [0.15, 0.2) is 0 Å². The van der Waals surface area contributed by atoms with Crippen molar-refractivity contribution in [2.75, 3.05) is 24.5 Å². The van der Waals surface area contributed by atoms with Crippen LogP contribution in [-0.4, -0.2) is 30.1 Å². The Labute approximate surface area is 150 Å². The number of aryl methyl sites for hydroxylation is 1. The minimum absolute atomic E-state index is 0.0227. The van der Waals surface area contributed by atoms with Crippen LogP contribution in [-0.2, 0) is 11.3 Å². The Morgan fingerprint density at radius 1 is 1.29 bits per heavy atom. The second-order valence-electron chi connectivity index (χ2n) is 5.58. The third-order valence-electron chi connectivity index (χ3n) is 3.71. The topological polar surface area (TPSA) is 54.3 Å². The molecule has 1 amide bonds. The highest BCUT2D eigenvalue weighted by molar-refractivity contribution is 9.10. The summed E-state index contributed by atoms with van der Waals surface area (Å²) in [6, 6.07) is 11.4. The molecule has 0 atom stereocenters. The van der Waals surface area contributed by atoms with Gasteiger partial charge in [-0.15, -0.1) is 0 Å². The van der Waals surface area contributed by atoms with Gasteiger partial charge in [0.05, 0.1) is 0 Å². The summed E-state index contributed by atoms with van der Waals surface area (Å²) in [5.74, 6) is -0.171. The number of halogens is 1. The van der Waals surface area contributed by atoms with Crippen LogP contribution in [0.1, 0.15) is 12.5 Å². The van der Waals surface area contributed by atoms with E-state index in [2.05, 4.69) is 58.2 Å². The molecular weight excluding hydrogens is 370 g/mol. The summed E-state index contributed by atoms with van der Waals surface area (Å²) in [5.41, 5.74) is 2.17. The number of aromatic nitrogens is 1. The van der Waals surface area contributed by atoms with Gasteiger partial charge in [0.25, 0.3) is 5.56 Å². The fourth-order valence-electron chi connectivity index (χ4n) is 2.46. The van der Waals surface area contributed by atoms with Crippen molar-refractivity contribution in [3.63, 3.8) is 0 Å². The number of benzene rings is 1. The second kappa shape index (κ2) is 8.68. The largest absolute Gasteiger partial charge is 0.370 e. The van der Waals surface area contributed by atoms with E-state index in [1.54, 1.807) is 12.3 Å². The summed E-state index contributed by atoms with van der Waals surface area (Å²) in [6.07, 6.45) is 1.62. The quantitative estimate of drug-likeness (QED) is 0.788. The number of amides is 1. The predicted octanol–water partition coefficient (Wildman–Crippen LogP) is 2.56. The lowest BCUT2D eigenvalue weighted by Crippen LogP contribution is -2.37. The molecule has 0 fully saturated rings. The number of nitrogens with zero attached hydrogens (tertiary/aromatic N) is 2. The molecule has 2 rings (SSSR count). The lowest BCUT2D eigenvalue weighted by atomic mass is 10.2. The minimum atomic E-state index is -0.191. The summed E-state index contributed by atoms with van der Waals surface area (Å²) < 4.78 is 2.16. The highest BCUT2D eigenvalue weighted by Crippen LogP contribution is 2.14. The molecule has 0 aliphatic heterocycles. The molecule has 0 bridgehead atoms. The lowest BCUT2D eigenvalue weighted by Gasteiger charge is -2.23. The maximum Gasteiger partial charge on any atom is 0.251 e. The maximum absolute atomic E-state index is 12.0. The molecule has 0 aliphatic carbocycles. The van der Waals surface area contributed by atoms with Crippen molar-refractivity contribution >= 4 is 27.5 Å². The fraction of sp³-hybridized carbons (Fsp3) is 0.333. The van der Waals surface area contributed by atoms with Crippen molar-refractivity contribution in [3.05, 3.63) is 63.0 Å². The van der Waals surface area contributed by atoms with Crippen molar-refractivity contribution in [1.82, 2.24) is 9.88 Å². The number of carbonyl (C=O) groups excluding carboxylic acids is 1. The number of carbonyl (C=O) groups is 1. The molecule has 128 valence electrons. The van der Waals surface area contributed by atoms with Crippen molar-refractivity contribution < 1.29 is 4.79 Å². The lowest BCUT2D eigenvalue weighted by molar-refractivity contribution is -0.121. The Balaban J connectivity index is 1.87. The van der Waals surface area contributed by atoms with E-state index in [0.717, 1.165) is 23.2 Å². The molecule has 0 spiro atoms. The highest BCUT2D eigenvalue weighted by atomic mass is 79.9. The van der Waals surface area contributed by atoms with Gasteiger partial charge in [-0.1, -0.05) is 12.1 Å². The van der Waals surface area contributed by atoms with Crippen LogP contribution < -0.4 is 15.8 Å². The molecule has 0 aliphatic rings. The van der Waals surface area contributed by atoms with E-state index in [1.807, 2.05) is 6.07 Å². The zero-order valence-corrected chi connectivity index (χ0v) is 15.5. The first-order chi connectivity index (χ1) is 11.5.